The highest BCUT2D eigenvalue weighted by Crippen LogP contribution is 2.43. The van der Waals surface area contributed by atoms with Crippen molar-refractivity contribution in [3.63, 3.8) is 0 Å². The molecule has 0 bridgehead atoms. The first kappa shape index (κ1) is 22.3. The molecule has 1 aliphatic carbocycles. The molecule has 0 amide bonds. The second-order valence-electron chi connectivity index (χ2n) is 8.42. The van der Waals surface area contributed by atoms with Gasteiger partial charge in [-0.05, 0) is 69.2 Å². The zero-order chi connectivity index (χ0) is 22.9. The number of aryl methyl sites for hydroxylation is 1. The van der Waals surface area contributed by atoms with Crippen molar-refractivity contribution >= 4 is 28.9 Å². The molecule has 0 spiro atoms. The number of hydrogen-bond donors (Lipinski definition) is 3. The predicted octanol–water partition coefficient (Wildman–Crippen LogP) is 4.89. The SMILES string of the molecule is Cc1cc(Nc2cccc(-c3cnc(C(C)(O)[C@H]4CC[C@H](C(=O)O)CC4)s3)n2)ncc1F. The summed E-state index contributed by atoms with van der Waals surface area (Å²) in [5.74, 6) is -0.421. The smallest absolute Gasteiger partial charge is 0.306 e. The molecule has 1 saturated carbocycles. The largest absolute Gasteiger partial charge is 0.481 e. The fourth-order valence-electron chi connectivity index (χ4n) is 4.08. The number of aliphatic hydroxyl groups is 1. The molecule has 3 N–H and O–H groups in total. The van der Waals surface area contributed by atoms with Crippen molar-refractivity contribution in [2.24, 2.45) is 11.8 Å². The zero-order valence-electron chi connectivity index (χ0n) is 17.9. The summed E-state index contributed by atoms with van der Waals surface area (Å²) in [6.45, 7) is 3.43. The topological polar surface area (TPSA) is 108 Å². The van der Waals surface area contributed by atoms with Crippen molar-refractivity contribution in [1.82, 2.24) is 15.0 Å². The Morgan fingerprint density at radius 1 is 1.19 bits per heavy atom. The second-order valence-corrected chi connectivity index (χ2v) is 9.45. The second kappa shape index (κ2) is 8.91. The number of carbonyl (C=O) groups is 1. The van der Waals surface area contributed by atoms with Gasteiger partial charge in [0.15, 0.2) is 0 Å². The maximum absolute atomic E-state index is 13.5. The summed E-state index contributed by atoms with van der Waals surface area (Å²) >= 11 is 1.38. The Morgan fingerprint density at radius 3 is 2.62 bits per heavy atom. The summed E-state index contributed by atoms with van der Waals surface area (Å²) < 4.78 is 13.5. The third-order valence-electron chi connectivity index (χ3n) is 6.11. The van der Waals surface area contributed by atoms with Gasteiger partial charge in [-0.15, -0.1) is 11.3 Å². The Bertz CT molecular complexity index is 1130. The minimum Gasteiger partial charge on any atom is -0.481 e. The number of pyridine rings is 2. The van der Waals surface area contributed by atoms with E-state index in [1.54, 1.807) is 32.2 Å². The first-order valence-corrected chi connectivity index (χ1v) is 11.3. The van der Waals surface area contributed by atoms with E-state index in [1.165, 1.54) is 17.5 Å². The fourth-order valence-corrected chi connectivity index (χ4v) is 5.09. The van der Waals surface area contributed by atoms with E-state index < -0.39 is 11.6 Å². The molecule has 0 aliphatic heterocycles. The highest BCUT2D eigenvalue weighted by molar-refractivity contribution is 7.15. The molecule has 32 heavy (non-hydrogen) atoms. The van der Waals surface area contributed by atoms with Crippen LogP contribution in [-0.4, -0.2) is 31.1 Å². The molecule has 1 atom stereocenters. The van der Waals surface area contributed by atoms with Gasteiger partial charge < -0.3 is 15.5 Å². The van der Waals surface area contributed by atoms with Crippen molar-refractivity contribution in [2.45, 2.75) is 45.1 Å². The van der Waals surface area contributed by atoms with Crippen LogP contribution in [-0.2, 0) is 10.4 Å². The number of anilines is 2. The van der Waals surface area contributed by atoms with Crippen LogP contribution < -0.4 is 5.32 Å². The number of carboxylic acids is 1. The highest BCUT2D eigenvalue weighted by atomic mass is 32.1. The van der Waals surface area contributed by atoms with Gasteiger partial charge in [0.25, 0.3) is 0 Å². The van der Waals surface area contributed by atoms with Crippen LogP contribution >= 0.6 is 11.3 Å². The van der Waals surface area contributed by atoms with Gasteiger partial charge >= 0.3 is 5.97 Å². The van der Waals surface area contributed by atoms with Crippen LogP contribution in [0.15, 0.2) is 36.7 Å². The number of aromatic nitrogens is 3. The molecule has 0 saturated heterocycles. The van der Waals surface area contributed by atoms with Gasteiger partial charge in [0.05, 0.1) is 22.7 Å². The number of thiazole rings is 1. The third-order valence-corrected chi connectivity index (χ3v) is 7.36. The summed E-state index contributed by atoms with van der Waals surface area (Å²) in [4.78, 5) is 25.1. The van der Waals surface area contributed by atoms with Gasteiger partial charge in [-0.1, -0.05) is 6.07 Å². The Morgan fingerprint density at radius 2 is 1.94 bits per heavy atom. The first-order chi connectivity index (χ1) is 15.2. The molecule has 1 fully saturated rings. The third kappa shape index (κ3) is 4.63. The highest BCUT2D eigenvalue weighted by Gasteiger charge is 2.40. The summed E-state index contributed by atoms with van der Waals surface area (Å²) in [5.41, 5.74) is 0.0611. The monoisotopic (exact) mass is 456 g/mol. The van der Waals surface area contributed by atoms with E-state index in [-0.39, 0.29) is 17.7 Å². The minimum atomic E-state index is -1.13. The minimum absolute atomic E-state index is 0.0362. The molecule has 7 nitrogen and oxygen atoms in total. The van der Waals surface area contributed by atoms with E-state index in [0.717, 1.165) is 4.88 Å². The summed E-state index contributed by atoms with van der Waals surface area (Å²) in [6.07, 6.45) is 5.31. The van der Waals surface area contributed by atoms with E-state index in [4.69, 9.17) is 0 Å². The van der Waals surface area contributed by atoms with Gasteiger partial charge in [0, 0.05) is 6.20 Å². The van der Waals surface area contributed by atoms with Crippen LogP contribution in [0, 0.1) is 24.6 Å². The average Bonchev–Trinajstić information content (AvgIpc) is 3.28. The Labute approximate surface area is 189 Å². The van der Waals surface area contributed by atoms with E-state index in [0.29, 0.717) is 53.6 Å². The molecule has 1 aliphatic rings. The quantitative estimate of drug-likeness (QED) is 0.485. The summed E-state index contributed by atoms with van der Waals surface area (Å²) in [5, 5.41) is 24.1. The maximum atomic E-state index is 13.5. The Balaban J connectivity index is 1.50. The molecule has 0 aromatic carbocycles. The van der Waals surface area contributed by atoms with E-state index in [1.807, 2.05) is 12.1 Å². The van der Waals surface area contributed by atoms with Gasteiger partial charge in [-0.3, -0.25) is 4.79 Å². The molecule has 4 rings (SSSR count). The maximum Gasteiger partial charge on any atom is 0.306 e. The number of carboxylic acid groups (broad SMARTS) is 1. The van der Waals surface area contributed by atoms with Crippen LogP contribution in [0.1, 0.15) is 43.2 Å². The number of aliphatic carboxylic acids is 1. The molecule has 3 aromatic rings. The average molecular weight is 457 g/mol. The Kier molecular flexibility index (Phi) is 6.21. The number of rotatable bonds is 6. The molecule has 0 radical (unpaired) electrons. The molecule has 168 valence electrons. The van der Waals surface area contributed by atoms with Crippen LogP contribution in [0.2, 0.25) is 0 Å². The van der Waals surface area contributed by atoms with Crippen molar-refractivity contribution < 1.29 is 19.4 Å². The normalized spacial score (nSPS) is 20.5. The predicted molar refractivity (Wildman–Crippen MR) is 120 cm³/mol. The molecular weight excluding hydrogens is 431 g/mol. The van der Waals surface area contributed by atoms with E-state index >= 15 is 0 Å². The van der Waals surface area contributed by atoms with Crippen LogP contribution in [0.4, 0.5) is 16.0 Å². The molecule has 3 aromatic heterocycles. The van der Waals surface area contributed by atoms with Crippen LogP contribution in [0.3, 0.4) is 0 Å². The standard InChI is InChI=1S/C23H25FN4O3S/c1-13-10-20(25-11-16(13)24)28-19-5-3-4-17(27-19)18-12-26-22(32-18)23(2,31)15-8-6-14(7-9-15)21(29)30/h3-5,10-12,14-15,31H,6-9H2,1-2H3,(H,29,30)(H,25,27,28)/t14-,15-,23?. The Hall–Kier alpha value is -2.91. The van der Waals surface area contributed by atoms with Crippen LogP contribution in [0.25, 0.3) is 10.6 Å². The molecule has 9 heteroatoms. The van der Waals surface area contributed by atoms with E-state index in [2.05, 4.69) is 20.3 Å². The molecular formula is C23H25FN4O3S. The molecule has 3 heterocycles. The number of halogens is 1. The van der Waals surface area contributed by atoms with E-state index in [9.17, 15) is 19.4 Å². The fraction of sp³-hybridized carbons (Fsp3) is 0.391. The lowest BCUT2D eigenvalue weighted by atomic mass is 9.74. The van der Waals surface area contributed by atoms with Crippen molar-refractivity contribution in [3.8, 4) is 10.6 Å². The lowest BCUT2D eigenvalue weighted by molar-refractivity contribution is -0.144. The molecule has 1 unspecified atom stereocenters. The van der Waals surface area contributed by atoms with Gasteiger partial charge in [-0.2, -0.15) is 0 Å². The van der Waals surface area contributed by atoms with Gasteiger partial charge in [-0.25, -0.2) is 19.3 Å². The van der Waals surface area contributed by atoms with Crippen molar-refractivity contribution in [3.05, 3.63) is 53.0 Å². The first-order valence-electron chi connectivity index (χ1n) is 10.5. The van der Waals surface area contributed by atoms with Crippen LogP contribution in [0.5, 0.6) is 0 Å². The van der Waals surface area contributed by atoms with Crippen molar-refractivity contribution in [1.29, 1.82) is 0 Å². The lowest BCUT2D eigenvalue weighted by Crippen LogP contribution is -2.35. The lowest BCUT2D eigenvalue weighted by Gasteiger charge is -2.35. The summed E-state index contributed by atoms with van der Waals surface area (Å²) in [7, 11) is 0. The van der Waals surface area contributed by atoms with Gasteiger partial charge in [0.1, 0.15) is 28.1 Å². The van der Waals surface area contributed by atoms with Crippen molar-refractivity contribution in [2.75, 3.05) is 5.32 Å². The zero-order valence-corrected chi connectivity index (χ0v) is 18.7. The summed E-state index contributed by atoms with van der Waals surface area (Å²) in [6, 6.07) is 7.12. The number of nitrogens with one attached hydrogen (secondary N) is 1. The number of hydrogen-bond acceptors (Lipinski definition) is 7. The van der Waals surface area contributed by atoms with Gasteiger partial charge in [0.2, 0.25) is 0 Å². The number of nitrogens with zero attached hydrogens (tertiary/aromatic N) is 3.